The largest absolute Gasteiger partial charge is 0.465 e. The summed E-state index contributed by atoms with van der Waals surface area (Å²) >= 11 is 0. The molecule has 1 heterocycles. The van der Waals surface area contributed by atoms with Crippen LogP contribution in [-0.2, 0) is 16.1 Å². The van der Waals surface area contributed by atoms with Crippen LogP contribution in [0.5, 0.6) is 0 Å². The summed E-state index contributed by atoms with van der Waals surface area (Å²) in [6, 6.07) is 8.91. The number of esters is 1. The van der Waals surface area contributed by atoms with Gasteiger partial charge in [-0.15, -0.1) is 0 Å². The third-order valence-electron chi connectivity index (χ3n) is 2.72. The van der Waals surface area contributed by atoms with Gasteiger partial charge in [0.25, 0.3) is 0 Å². The molecule has 1 amide bonds. The molecule has 1 aromatic rings. The van der Waals surface area contributed by atoms with Gasteiger partial charge in [0, 0.05) is 6.54 Å². The van der Waals surface area contributed by atoms with Gasteiger partial charge in [0.05, 0.1) is 12.5 Å². The van der Waals surface area contributed by atoms with E-state index in [1.54, 1.807) is 0 Å². The van der Waals surface area contributed by atoms with Gasteiger partial charge in [-0.1, -0.05) is 30.3 Å². The number of carbonyl (C=O) groups excluding carboxylic acids is 1. The molecular weight excluding hydrogens is 222 g/mol. The Kier molecular flexibility index (Phi) is 3.27. The maximum Gasteiger partial charge on any atom is 0.407 e. The number of amides is 1. The van der Waals surface area contributed by atoms with Gasteiger partial charge < -0.3 is 9.84 Å². The molecule has 5 heteroatoms. The molecule has 1 unspecified atom stereocenters. The number of rotatable bonds is 3. The number of cyclic esters (lactones) is 1. The van der Waals surface area contributed by atoms with Crippen molar-refractivity contribution < 1.29 is 19.4 Å². The minimum atomic E-state index is -1.03. The number of hydrogen-bond acceptors (Lipinski definition) is 3. The molecular formula is C12H13NO4. The molecule has 2 rings (SSSR count). The van der Waals surface area contributed by atoms with Crippen LogP contribution >= 0.6 is 0 Å². The van der Waals surface area contributed by atoms with Crippen LogP contribution in [0.2, 0.25) is 0 Å². The summed E-state index contributed by atoms with van der Waals surface area (Å²) in [6.45, 7) is 0.426. The molecule has 0 aromatic heterocycles. The van der Waals surface area contributed by atoms with Gasteiger partial charge in [-0.2, -0.15) is 0 Å². The fourth-order valence-corrected chi connectivity index (χ4v) is 1.83. The molecule has 1 aromatic carbocycles. The van der Waals surface area contributed by atoms with Crippen LogP contribution < -0.4 is 0 Å². The molecule has 1 atom stereocenters. The van der Waals surface area contributed by atoms with Crippen LogP contribution in [0, 0.1) is 0 Å². The molecule has 17 heavy (non-hydrogen) atoms. The van der Waals surface area contributed by atoms with E-state index in [1.807, 2.05) is 30.3 Å². The maximum absolute atomic E-state index is 11.2. The van der Waals surface area contributed by atoms with Crippen LogP contribution in [0.1, 0.15) is 12.0 Å². The molecule has 1 aliphatic rings. The predicted octanol–water partition coefficient (Wildman–Crippen LogP) is 1.48. The van der Waals surface area contributed by atoms with Crippen molar-refractivity contribution in [2.24, 2.45) is 0 Å². The Balaban J connectivity index is 2.08. The average Bonchev–Trinajstić information content (AvgIpc) is 2.73. The minimum Gasteiger partial charge on any atom is -0.465 e. The first-order valence-corrected chi connectivity index (χ1v) is 5.36. The first kappa shape index (κ1) is 11.4. The summed E-state index contributed by atoms with van der Waals surface area (Å²) < 4.78 is 4.79. The Labute approximate surface area is 98.6 Å². The van der Waals surface area contributed by atoms with Crippen LogP contribution in [0.25, 0.3) is 0 Å². The Morgan fingerprint density at radius 1 is 1.41 bits per heavy atom. The van der Waals surface area contributed by atoms with Crippen molar-refractivity contribution in [1.82, 2.24) is 4.90 Å². The molecule has 90 valence electrons. The van der Waals surface area contributed by atoms with E-state index in [0.29, 0.717) is 0 Å². The highest BCUT2D eigenvalue weighted by atomic mass is 16.5. The zero-order valence-corrected chi connectivity index (χ0v) is 9.20. The Morgan fingerprint density at radius 2 is 2.12 bits per heavy atom. The summed E-state index contributed by atoms with van der Waals surface area (Å²) in [4.78, 5) is 23.4. The summed E-state index contributed by atoms with van der Waals surface area (Å²) in [5.41, 5.74) is 0.897. The number of carboxylic acid groups (broad SMARTS) is 1. The fourth-order valence-electron chi connectivity index (χ4n) is 1.83. The van der Waals surface area contributed by atoms with Gasteiger partial charge in [-0.25, -0.2) is 4.79 Å². The molecule has 1 saturated heterocycles. The summed E-state index contributed by atoms with van der Waals surface area (Å²) in [6.07, 6.45) is -0.892. The van der Waals surface area contributed by atoms with Crippen molar-refractivity contribution >= 4 is 12.1 Å². The molecule has 1 aliphatic heterocycles. The molecule has 5 nitrogen and oxygen atoms in total. The molecule has 0 aliphatic carbocycles. The standard InChI is InChI=1S/C12H13NO4/c14-11-6-10(8-17-11)13(12(15)16)7-9-4-2-1-3-5-9/h1-5,10H,6-8H2,(H,15,16). The summed E-state index contributed by atoms with van der Waals surface area (Å²) in [5.74, 6) is -0.339. The smallest absolute Gasteiger partial charge is 0.407 e. The molecule has 0 spiro atoms. The van der Waals surface area contributed by atoms with E-state index in [1.165, 1.54) is 4.90 Å². The van der Waals surface area contributed by atoms with Crippen LogP contribution in [0.3, 0.4) is 0 Å². The summed E-state index contributed by atoms with van der Waals surface area (Å²) in [5, 5.41) is 9.14. The molecule has 0 bridgehead atoms. The van der Waals surface area contributed by atoms with Crippen molar-refractivity contribution in [3.8, 4) is 0 Å². The lowest BCUT2D eigenvalue weighted by Gasteiger charge is -2.23. The molecule has 1 N–H and O–H groups in total. The van der Waals surface area contributed by atoms with Crippen LogP contribution in [0.4, 0.5) is 4.79 Å². The topological polar surface area (TPSA) is 66.8 Å². The number of carbonyl (C=O) groups is 2. The third-order valence-corrected chi connectivity index (χ3v) is 2.72. The Bertz CT molecular complexity index is 418. The number of nitrogens with zero attached hydrogens (tertiary/aromatic N) is 1. The second-order valence-electron chi connectivity index (χ2n) is 3.94. The van der Waals surface area contributed by atoms with Gasteiger partial charge in [-0.3, -0.25) is 9.69 Å². The van der Waals surface area contributed by atoms with Gasteiger partial charge in [-0.05, 0) is 5.56 Å². The zero-order valence-electron chi connectivity index (χ0n) is 9.20. The Hall–Kier alpha value is -2.04. The maximum atomic E-state index is 11.2. The van der Waals surface area contributed by atoms with Crippen molar-refractivity contribution in [3.63, 3.8) is 0 Å². The van der Waals surface area contributed by atoms with Gasteiger partial charge in [0.1, 0.15) is 6.61 Å². The second kappa shape index (κ2) is 4.86. The van der Waals surface area contributed by atoms with Crippen molar-refractivity contribution in [2.75, 3.05) is 6.61 Å². The Morgan fingerprint density at radius 3 is 2.65 bits per heavy atom. The molecule has 1 fully saturated rings. The first-order chi connectivity index (χ1) is 8.16. The van der Waals surface area contributed by atoms with E-state index in [0.717, 1.165) is 5.56 Å². The quantitative estimate of drug-likeness (QED) is 0.806. The van der Waals surface area contributed by atoms with E-state index >= 15 is 0 Å². The lowest BCUT2D eigenvalue weighted by Crippen LogP contribution is -2.39. The average molecular weight is 235 g/mol. The highest BCUT2D eigenvalue weighted by Crippen LogP contribution is 2.17. The fraction of sp³-hybridized carbons (Fsp3) is 0.333. The normalized spacial score (nSPS) is 18.8. The number of ether oxygens (including phenoxy) is 1. The third kappa shape index (κ3) is 2.75. The number of benzene rings is 1. The number of hydrogen-bond donors (Lipinski definition) is 1. The SMILES string of the molecule is O=C1CC(N(Cc2ccccc2)C(=O)O)CO1. The zero-order chi connectivity index (χ0) is 12.3. The van der Waals surface area contributed by atoms with E-state index in [-0.39, 0.29) is 31.6 Å². The molecule has 0 radical (unpaired) electrons. The minimum absolute atomic E-state index is 0.138. The van der Waals surface area contributed by atoms with Crippen molar-refractivity contribution in [3.05, 3.63) is 35.9 Å². The van der Waals surface area contributed by atoms with Crippen molar-refractivity contribution in [1.29, 1.82) is 0 Å². The van der Waals surface area contributed by atoms with Crippen molar-refractivity contribution in [2.45, 2.75) is 19.0 Å². The van der Waals surface area contributed by atoms with Gasteiger partial charge >= 0.3 is 12.1 Å². The summed E-state index contributed by atoms with van der Waals surface area (Å²) in [7, 11) is 0. The monoisotopic (exact) mass is 235 g/mol. The highest BCUT2D eigenvalue weighted by molar-refractivity contribution is 5.74. The van der Waals surface area contributed by atoms with Gasteiger partial charge in [0.2, 0.25) is 0 Å². The van der Waals surface area contributed by atoms with E-state index < -0.39 is 6.09 Å². The van der Waals surface area contributed by atoms with E-state index in [9.17, 15) is 9.59 Å². The van der Waals surface area contributed by atoms with Crippen LogP contribution in [0.15, 0.2) is 30.3 Å². The van der Waals surface area contributed by atoms with E-state index in [4.69, 9.17) is 9.84 Å². The highest BCUT2D eigenvalue weighted by Gasteiger charge is 2.32. The van der Waals surface area contributed by atoms with E-state index in [2.05, 4.69) is 0 Å². The first-order valence-electron chi connectivity index (χ1n) is 5.36. The second-order valence-corrected chi connectivity index (χ2v) is 3.94. The lowest BCUT2D eigenvalue weighted by molar-refractivity contribution is -0.137. The predicted molar refractivity (Wildman–Crippen MR) is 59.4 cm³/mol. The van der Waals surface area contributed by atoms with Crippen LogP contribution in [-0.4, -0.2) is 34.7 Å². The molecule has 0 saturated carbocycles. The lowest BCUT2D eigenvalue weighted by atomic mass is 10.1. The van der Waals surface area contributed by atoms with Gasteiger partial charge in [0.15, 0.2) is 0 Å².